The van der Waals surface area contributed by atoms with Gasteiger partial charge in [-0.1, -0.05) is 35.4 Å². The van der Waals surface area contributed by atoms with Crippen LogP contribution >= 0.6 is 11.6 Å². The number of alkyl halides is 3. The molecule has 1 aliphatic rings. The van der Waals surface area contributed by atoms with Crippen LogP contribution in [-0.4, -0.2) is 16.3 Å². The fourth-order valence-corrected chi connectivity index (χ4v) is 3.72. The summed E-state index contributed by atoms with van der Waals surface area (Å²) < 4.78 is 41.8. The lowest BCUT2D eigenvalue weighted by Gasteiger charge is -2.10. The number of hydrogen-bond donors (Lipinski definition) is 1. The first-order valence-corrected chi connectivity index (χ1v) is 9.52. The molecule has 0 amide bonds. The molecular weight excluding hydrogens is 387 g/mol. The molecule has 4 rings (SSSR count). The van der Waals surface area contributed by atoms with E-state index in [0.29, 0.717) is 11.3 Å². The molecule has 146 valence electrons. The van der Waals surface area contributed by atoms with Crippen molar-refractivity contribution in [1.82, 2.24) is 9.78 Å². The second kappa shape index (κ2) is 7.17. The van der Waals surface area contributed by atoms with Crippen molar-refractivity contribution in [2.75, 3.05) is 11.9 Å². The molecular formula is C21H19ClF3N3. The maximum atomic E-state index is 13.3. The van der Waals surface area contributed by atoms with Gasteiger partial charge < -0.3 is 5.32 Å². The zero-order chi connectivity index (χ0) is 19.9. The third-order valence-corrected chi connectivity index (χ3v) is 5.28. The first-order valence-electron chi connectivity index (χ1n) is 9.14. The van der Waals surface area contributed by atoms with Gasteiger partial charge in [0.05, 0.1) is 22.0 Å². The number of aromatic nitrogens is 2. The van der Waals surface area contributed by atoms with E-state index in [4.69, 9.17) is 16.7 Å². The quantitative estimate of drug-likeness (QED) is 0.544. The van der Waals surface area contributed by atoms with Gasteiger partial charge in [0.25, 0.3) is 0 Å². The molecule has 1 N–H and O–H groups in total. The van der Waals surface area contributed by atoms with Crippen molar-refractivity contribution < 1.29 is 13.2 Å². The summed E-state index contributed by atoms with van der Waals surface area (Å²) in [5.41, 5.74) is 3.07. The van der Waals surface area contributed by atoms with Crippen molar-refractivity contribution in [3.8, 4) is 16.9 Å². The fraction of sp³-hybridized carbons (Fsp3) is 0.286. The van der Waals surface area contributed by atoms with Gasteiger partial charge in [-0.05, 0) is 50.5 Å². The number of fused-ring (bicyclic) bond motifs is 1. The lowest BCUT2D eigenvalue weighted by molar-refractivity contribution is -0.137. The molecule has 3 nitrogen and oxygen atoms in total. The predicted molar refractivity (Wildman–Crippen MR) is 105 cm³/mol. The highest BCUT2D eigenvalue weighted by atomic mass is 35.5. The Kier molecular flexibility index (Phi) is 4.83. The first-order chi connectivity index (χ1) is 13.3. The molecule has 0 fully saturated rings. The topological polar surface area (TPSA) is 29.9 Å². The Morgan fingerprint density at radius 3 is 2.54 bits per heavy atom. The summed E-state index contributed by atoms with van der Waals surface area (Å²) in [7, 11) is 0. The Hall–Kier alpha value is -2.47. The van der Waals surface area contributed by atoms with E-state index in [9.17, 15) is 13.2 Å². The molecule has 0 spiro atoms. The summed E-state index contributed by atoms with van der Waals surface area (Å²) in [6.07, 6.45) is -1.81. The van der Waals surface area contributed by atoms with Gasteiger partial charge in [-0.25, -0.2) is 4.68 Å². The standard InChI is InChI=1S/C21H19ClF3N3/c1-13-5-8-15(9-6-13)28-20-16(4-2-3-11-26-20)19(27-28)14-7-10-18(22)17(12-14)21(23,24)25/h5-10,12,26H,2-4,11H2,1H3. The van der Waals surface area contributed by atoms with Gasteiger partial charge in [0, 0.05) is 17.7 Å². The van der Waals surface area contributed by atoms with Gasteiger partial charge in [-0.3, -0.25) is 0 Å². The average molecular weight is 406 g/mol. The molecule has 2 aromatic carbocycles. The Morgan fingerprint density at radius 1 is 1.07 bits per heavy atom. The van der Waals surface area contributed by atoms with Crippen LogP contribution in [0.2, 0.25) is 5.02 Å². The predicted octanol–water partition coefficient (Wildman–Crippen LogP) is 6.27. The second-order valence-corrected chi connectivity index (χ2v) is 7.41. The van der Waals surface area contributed by atoms with Crippen LogP contribution in [0, 0.1) is 6.92 Å². The van der Waals surface area contributed by atoms with Crippen LogP contribution in [-0.2, 0) is 12.6 Å². The van der Waals surface area contributed by atoms with Gasteiger partial charge in [-0.15, -0.1) is 0 Å². The minimum absolute atomic E-state index is 0.307. The van der Waals surface area contributed by atoms with E-state index in [0.717, 1.165) is 54.5 Å². The molecule has 0 atom stereocenters. The maximum Gasteiger partial charge on any atom is 0.417 e. The molecule has 0 aliphatic carbocycles. The molecule has 0 unspecified atom stereocenters. The number of aryl methyl sites for hydroxylation is 1. The highest BCUT2D eigenvalue weighted by Crippen LogP contribution is 2.39. The Balaban J connectivity index is 1.90. The number of hydrogen-bond acceptors (Lipinski definition) is 2. The van der Waals surface area contributed by atoms with E-state index >= 15 is 0 Å². The summed E-state index contributed by atoms with van der Waals surface area (Å²) in [4.78, 5) is 0. The van der Waals surface area contributed by atoms with Crippen LogP contribution in [0.1, 0.15) is 29.5 Å². The van der Waals surface area contributed by atoms with Crippen LogP contribution in [0.4, 0.5) is 19.0 Å². The minimum Gasteiger partial charge on any atom is -0.370 e. The van der Waals surface area contributed by atoms with Crippen molar-refractivity contribution in [1.29, 1.82) is 0 Å². The molecule has 2 heterocycles. The number of anilines is 1. The Bertz CT molecular complexity index is 1010. The summed E-state index contributed by atoms with van der Waals surface area (Å²) in [6, 6.07) is 11.9. The molecule has 1 aromatic heterocycles. The van der Waals surface area contributed by atoms with E-state index in [2.05, 4.69) is 5.32 Å². The Labute approximate surface area is 166 Å². The number of halogens is 4. The molecule has 0 radical (unpaired) electrons. The smallest absolute Gasteiger partial charge is 0.370 e. The molecule has 28 heavy (non-hydrogen) atoms. The maximum absolute atomic E-state index is 13.3. The van der Waals surface area contributed by atoms with Crippen LogP contribution < -0.4 is 5.32 Å². The summed E-state index contributed by atoms with van der Waals surface area (Å²) in [6.45, 7) is 2.81. The van der Waals surface area contributed by atoms with Crippen LogP contribution in [0.25, 0.3) is 16.9 Å². The molecule has 0 saturated heterocycles. The van der Waals surface area contributed by atoms with Crippen molar-refractivity contribution >= 4 is 17.4 Å². The largest absolute Gasteiger partial charge is 0.417 e. The lowest BCUT2D eigenvalue weighted by atomic mass is 10.0. The molecule has 1 aliphatic heterocycles. The number of benzene rings is 2. The molecule has 7 heteroatoms. The zero-order valence-corrected chi connectivity index (χ0v) is 16.0. The van der Waals surface area contributed by atoms with Crippen LogP contribution in [0.5, 0.6) is 0 Å². The van der Waals surface area contributed by atoms with Gasteiger partial charge in [-0.2, -0.15) is 18.3 Å². The minimum atomic E-state index is -4.51. The third-order valence-electron chi connectivity index (χ3n) is 4.95. The monoisotopic (exact) mass is 405 g/mol. The van der Waals surface area contributed by atoms with Gasteiger partial charge in [0.1, 0.15) is 5.82 Å². The normalized spacial score (nSPS) is 14.3. The average Bonchev–Trinajstić information content (AvgIpc) is 2.84. The van der Waals surface area contributed by atoms with E-state index in [1.54, 1.807) is 10.7 Å². The van der Waals surface area contributed by atoms with Crippen molar-refractivity contribution in [2.45, 2.75) is 32.4 Å². The fourth-order valence-electron chi connectivity index (χ4n) is 3.50. The SMILES string of the molecule is Cc1ccc(-n2nc(-c3ccc(Cl)c(C(F)(F)F)c3)c3c2NCCCC3)cc1. The van der Waals surface area contributed by atoms with Gasteiger partial charge >= 0.3 is 6.18 Å². The van der Waals surface area contributed by atoms with Gasteiger partial charge in [0.15, 0.2) is 0 Å². The zero-order valence-electron chi connectivity index (χ0n) is 15.3. The van der Waals surface area contributed by atoms with Crippen LogP contribution in [0.3, 0.4) is 0 Å². The number of nitrogens with zero attached hydrogens (tertiary/aromatic N) is 2. The van der Waals surface area contributed by atoms with E-state index in [-0.39, 0.29) is 5.02 Å². The molecule has 0 saturated carbocycles. The highest BCUT2D eigenvalue weighted by molar-refractivity contribution is 6.31. The molecule has 3 aromatic rings. The third kappa shape index (κ3) is 3.49. The van der Waals surface area contributed by atoms with E-state index in [1.165, 1.54) is 6.07 Å². The van der Waals surface area contributed by atoms with Crippen molar-refractivity contribution in [3.05, 3.63) is 64.2 Å². The second-order valence-electron chi connectivity index (χ2n) is 7.00. The Morgan fingerprint density at radius 2 is 1.82 bits per heavy atom. The van der Waals surface area contributed by atoms with E-state index < -0.39 is 11.7 Å². The highest BCUT2D eigenvalue weighted by Gasteiger charge is 2.34. The van der Waals surface area contributed by atoms with Crippen LogP contribution in [0.15, 0.2) is 42.5 Å². The van der Waals surface area contributed by atoms with Crippen molar-refractivity contribution in [3.63, 3.8) is 0 Å². The summed E-state index contributed by atoms with van der Waals surface area (Å²) in [5, 5.41) is 7.80. The number of rotatable bonds is 2. The first kappa shape index (κ1) is 18.9. The number of nitrogens with one attached hydrogen (secondary N) is 1. The van der Waals surface area contributed by atoms with Gasteiger partial charge in [0.2, 0.25) is 0 Å². The summed E-state index contributed by atoms with van der Waals surface area (Å²) in [5.74, 6) is 0.847. The molecule has 0 bridgehead atoms. The summed E-state index contributed by atoms with van der Waals surface area (Å²) >= 11 is 5.80. The lowest BCUT2D eigenvalue weighted by Crippen LogP contribution is -2.07. The van der Waals surface area contributed by atoms with Crippen molar-refractivity contribution in [2.24, 2.45) is 0 Å². The van der Waals surface area contributed by atoms with E-state index in [1.807, 2.05) is 31.2 Å².